The monoisotopic (exact) mass is 236 g/mol. The highest BCUT2D eigenvalue weighted by Crippen LogP contribution is 2.28. The van der Waals surface area contributed by atoms with Gasteiger partial charge in [0, 0.05) is 24.8 Å². The molecule has 1 saturated heterocycles. The van der Waals surface area contributed by atoms with Crippen LogP contribution in [-0.4, -0.2) is 36.2 Å². The summed E-state index contributed by atoms with van der Waals surface area (Å²) in [6, 6.07) is 0.510. The average Bonchev–Trinajstić information content (AvgIpc) is 2.24. The number of nitrogens with zero attached hydrogens (tertiary/aromatic N) is 1. The van der Waals surface area contributed by atoms with E-state index in [9.17, 15) is 0 Å². The van der Waals surface area contributed by atoms with Gasteiger partial charge in [-0.25, -0.2) is 0 Å². The molecule has 2 N–H and O–H groups in total. The molecule has 96 valence electrons. The van der Waals surface area contributed by atoms with Gasteiger partial charge in [0.15, 0.2) is 0 Å². The maximum absolute atomic E-state index is 5.98. The Hall–Kier alpha value is -0.800. The predicted octanol–water partition coefficient (Wildman–Crippen LogP) is 2.05. The van der Waals surface area contributed by atoms with Crippen molar-refractivity contribution in [2.75, 3.05) is 13.1 Å². The lowest BCUT2D eigenvalue weighted by atomic mass is 9.91. The van der Waals surface area contributed by atoms with Crippen LogP contribution in [0.25, 0.3) is 0 Å². The van der Waals surface area contributed by atoms with E-state index in [0.717, 1.165) is 25.2 Å². The maximum atomic E-state index is 5.98. The SMILES string of the molecule is CC1=C(C)C(N2CC(C)OC(C)C2)CC=C1N. The highest BCUT2D eigenvalue weighted by atomic mass is 16.5. The molecule has 3 heteroatoms. The van der Waals surface area contributed by atoms with Crippen molar-refractivity contribution in [1.82, 2.24) is 4.90 Å². The molecule has 0 bridgehead atoms. The standard InChI is InChI=1S/C14H24N2O/c1-9-7-16(8-10(2)17-9)14-6-5-13(15)11(3)12(14)4/h5,9-10,14H,6-8,15H2,1-4H3. The summed E-state index contributed by atoms with van der Waals surface area (Å²) in [5.41, 5.74) is 9.61. The van der Waals surface area contributed by atoms with Crippen LogP contribution in [0.15, 0.2) is 22.9 Å². The highest BCUT2D eigenvalue weighted by molar-refractivity contribution is 5.37. The van der Waals surface area contributed by atoms with Gasteiger partial charge < -0.3 is 10.5 Å². The first-order valence-electron chi connectivity index (χ1n) is 6.52. The summed E-state index contributed by atoms with van der Waals surface area (Å²) in [4.78, 5) is 2.54. The summed E-state index contributed by atoms with van der Waals surface area (Å²) >= 11 is 0. The van der Waals surface area contributed by atoms with Crippen LogP contribution in [0.2, 0.25) is 0 Å². The molecule has 2 aliphatic rings. The van der Waals surface area contributed by atoms with Crippen LogP contribution in [0.3, 0.4) is 0 Å². The maximum Gasteiger partial charge on any atom is 0.0678 e. The smallest absolute Gasteiger partial charge is 0.0678 e. The van der Waals surface area contributed by atoms with Gasteiger partial charge in [-0.1, -0.05) is 11.6 Å². The first kappa shape index (κ1) is 12.7. The van der Waals surface area contributed by atoms with Gasteiger partial charge in [-0.2, -0.15) is 0 Å². The van der Waals surface area contributed by atoms with Gasteiger partial charge in [-0.3, -0.25) is 4.90 Å². The van der Waals surface area contributed by atoms with Crippen LogP contribution >= 0.6 is 0 Å². The van der Waals surface area contributed by atoms with E-state index in [0.29, 0.717) is 18.2 Å². The van der Waals surface area contributed by atoms with Crippen molar-refractivity contribution in [3.8, 4) is 0 Å². The molecule has 1 aliphatic carbocycles. The van der Waals surface area contributed by atoms with Crippen molar-refractivity contribution in [3.63, 3.8) is 0 Å². The van der Waals surface area contributed by atoms with E-state index in [-0.39, 0.29) is 0 Å². The summed E-state index contributed by atoms with van der Waals surface area (Å²) in [5.74, 6) is 0. The zero-order valence-corrected chi connectivity index (χ0v) is 11.4. The van der Waals surface area contributed by atoms with Gasteiger partial charge in [0.25, 0.3) is 0 Å². The molecule has 17 heavy (non-hydrogen) atoms. The molecular weight excluding hydrogens is 212 g/mol. The van der Waals surface area contributed by atoms with Gasteiger partial charge in [0.05, 0.1) is 12.2 Å². The van der Waals surface area contributed by atoms with Crippen molar-refractivity contribution < 1.29 is 4.74 Å². The number of allylic oxidation sites excluding steroid dienone is 1. The first-order valence-corrected chi connectivity index (χ1v) is 6.52. The van der Waals surface area contributed by atoms with Crippen LogP contribution in [0, 0.1) is 0 Å². The van der Waals surface area contributed by atoms with Crippen LogP contribution in [0.4, 0.5) is 0 Å². The second-order valence-electron chi connectivity index (χ2n) is 5.43. The molecule has 1 aliphatic heterocycles. The Morgan fingerprint density at radius 1 is 1.24 bits per heavy atom. The van der Waals surface area contributed by atoms with Crippen LogP contribution in [0.1, 0.15) is 34.1 Å². The van der Waals surface area contributed by atoms with Crippen LogP contribution in [-0.2, 0) is 4.74 Å². The molecule has 0 saturated carbocycles. The summed E-state index contributed by atoms with van der Waals surface area (Å²) < 4.78 is 5.79. The third-order valence-corrected chi connectivity index (χ3v) is 3.97. The topological polar surface area (TPSA) is 38.5 Å². The Morgan fingerprint density at radius 3 is 2.41 bits per heavy atom. The fourth-order valence-electron chi connectivity index (χ4n) is 2.94. The van der Waals surface area contributed by atoms with Crippen LogP contribution < -0.4 is 5.73 Å². The Labute approximate surface area is 104 Å². The number of hydrogen-bond acceptors (Lipinski definition) is 3. The second kappa shape index (κ2) is 4.83. The Kier molecular flexibility index (Phi) is 3.59. The molecule has 1 heterocycles. The third kappa shape index (κ3) is 2.55. The summed E-state index contributed by atoms with van der Waals surface area (Å²) in [5, 5.41) is 0. The van der Waals surface area contributed by atoms with E-state index in [1.807, 2.05) is 0 Å². The average molecular weight is 236 g/mol. The Balaban J connectivity index is 2.14. The number of ether oxygens (including phenoxy) is 1. The minimum absolute atomic E-state index is 0.329. The first-order chi connectivity index (χ1) is 7.99. The van der Waals surface area contributed by atoms with E-state index in [4.69, 9.17) is 10.5 Å². The molecule has 0 spiro atoms. The Bertz CT molecular complexity index is 349. The molecule has 1 fully saturated rings. The molecule has 0 aromatic rings. The molecule has 3 nitrogen and oxygen atoms in total. The van der Waals surface area contributed by atoms with E-state index >= 15 is 0 Å². The number of nitrogens with two attached hydrogens (primary N) is 1. The third-order valence-electron chi connectivity index (χ3n) is 3.97. The fraction of sp³-hybridized carbons (Fsp3) is 0.714. The molecule has 3 unspecified atom stereocenters. The molecule has 0 aromatic carbocycles. The van der Waals surface area contributed by atoms with Gasteiger partial charge >= 0.3 is 0 Å². The van der Waals surface area contributed by atoms with E-state index < -0.39 is 0 Å². The minimum atomic E-state index is 0.329. The number of hydrogen-bond donors (Lipinski definition) is 1. The van der Waals surface area contributed by atoms with Gasteiger partial charge in [0.1, 0.15) is 0 Å². The van der Waals surface area contributed by atoms with Crippen molar-refractivity contribution in [3.05, 3.63) is 22.9 Å². The minimum Gasteiger partial charge on any atom is -0.399 e. The molecule has 0 radical (unpaired) electrons. The number of morpholine rings is 1. The largest absolute Gasteiger partial charge is 0.399 e. The van der Waals surface area contributed by atoms with Gasteiger partial charge in [-0.15, -0.1) is 0 Å². The summed E-state index contributed by atoms with van der Waals surface area (Å²) in [6.45, 7) is 10.7. The van der Waals surface area contributed by atoms with Crippen molar-refractivity contribution in [2.45, 2.75) is 52.4 Å². The molecule has 0 amide bonds. The second-order valence-corrected chi connectivity index (χ2v) is 5.43. The summed E-state index contributed by atoms with van der Waals surface area (Å²) in [7, 11) is 0. The van der Waals surface area contributed by atoms with Crippen molar-refractivity contribution in [2.24, 2.45) is 5.73 Å². The van der Waals surface area contributed by atoms with Crippen molar-refractivity contribution in [1.29, 1.82) is 0 Å². The molecule has 3 atom stereocenters. The van der Waals surface area contributed by atoms with Crippen molar-refractivity contribution >= 4 is 0 Å². The van der Waals surface area contributed by atoms with E-state index in [2.05, 4.69) is 38.7 Å². The lowest BCUT2D eigenvalue weighted by molar-refractivity contribution is -0.0763. The zero-order valence-electron chi connectivity index (χ0n) is 11.4. The van der Waals surface area contributed by atoms with Gasteiger partial charge in [-0.05, 0) is 39.7 Å². The fourth-order valence-corrected chi connectivity index (χ4v) is 2.94. The zero-order chi connectivity index (χ0) is 12.6. The quantitative estimate of drug-likeness (QED) is 0.757. The Morgan fingerprint density at radius 2 is 1.82 bits per heavy atom. The van der Waals surface area contributed by atoms with Crippen LogP contribution in [0.5, 0.6) is 0 Å². The molecule has 0 aromatic heterocycles. The predicted molar refractivity (Wildman–Crippen MR) is 70.6 cm³/mol. The molecule has 2 rings (SSSR count). The van der Waals surface area contributed by atoms with Gasteiger partial charge in [0.2, 0.25) is 0 Å². The van der Waals surface area contributed by atoms with E-state index in [1.54, 1.807) is 0 Å². The summed E-state index contributed by atoms with van der Waals surface area (Å²) in [6.07, 6.45) is 3.86. The normalized spacial score (nSPS) is 36.0. The lowest BCUT2D eigenvalue weighted by Gasteiger charge is -2.42. The van der Waals surface area contributed by atoms with E-state index in [1.165, 1.54) is 11.1 Å². The number of rotatable bonds is 1. The lowest BCUT2D eigenvalue weighted by Crippen LogP contribution is -2.51. The highest BCUT2D eigenvalue weighted by Gasteiger charge is 2.30. The molecular formula is C14H24N2O.